The lowest BCUT2D eigenvalue weighted by molar-refractivity contribution is -0.288. The van der Waals surface area contributed by atoms with Crippen LogP contribution in [0.3, 0.4) is 0 Å². The number of hydrogen-bond acceptors (Lipinski definition) is 1. The molecule has 4 aromatic carbocycles. The average Bonchev–Trinajstić information content (AvgIpc) is 2.95. The van der Waals surface area contributed by atoms with Gasteiger partial charge in [0.15, 0.2) is 34.9 Å². The molecule has 0 aliphatic heterocycles. The van der Waals surface area contributed by atoms with E-state index in [9.17, 15) is 61.5 Å². The van der Waals surface area contributed by atoms with Gasteiger partial charge in [-0.2, -0.15) is 35.1 Å². The maximum Gasteiger partial charge on any atom is 0.411 e. The van der Waals surface area contributed by atoms with Crippen LogP contribution in [0.4, 0.5) is 61.5 Å². The monoisotopic (exact) mass is 672 g/mol. The number of benzene rings is 4. The lowest BCUT2D eigenvalue weighted by Gasteiger charge is -2.38. The van der Waals surface area contributed by atoms with E-state index in [4.69, 9.17) is 0 Å². The number of rotatable bonds is 6. The van der Waals surface area contributed by atoms with Gasteiger partial charge >= 0.3 is 12.4 Å². The molecule has 0 aliphatic carbocycles. The summed E-state index contributed by atoms with van der Waals surface area (Å²) >= 11 is 0. The highest BCUT2D eigenvalue weighted by Gasteiger charge is 2.72. The summed E-state index contributed by atoms with van der Waals surface area (Å²) in [5.74, 6) is -23.3. The maximum absolute atomic E-state index is 15.0. The second-order valence-corrected chi connectivity index (χ2v) is 10.4. The molecule has 0 bridgehead atoms. The number of alkyl halides is 6. The van der Waals surface area contributed by atoms with E-state index >= 15 is 0 Å². The highest BCUT2D eigenvalue weighted by Crippen LogP contribution is 2.56. The topological polar surface area (TPSA) is 9.23 Å². The normalized spacial score (nSPS) is 12.7. The van der Waals surface area contributed by atoms with Gasteiger partial charge in [-0.05, 0) is 36.1 Å². The third-order valence-electron chi connectivity index (χ3n) is 7.19. The molecule has 0 radical (unpaired) electrons. The van der Waals surface area contributed by atoms with Crippen molar-refractivity contribution in [2.24, 2.45) is 0 Å². The first kappa shape index (κ1) is 34.6. The first-order valence-electron chi connectivity index (χ1n) is 12.9. The third-order valence-corrected chi connectivity index (χ3v) is 7.19. The Hall–Kier alpha value is -4.30. The molecule has 4 rings (SSSR count). The smallest absolute Gasteiger partial charge is 0.411 e. The predicted molar refractivity (Wildman–Crippen MR) is 136 cm³/mol. The van der Waals surface area contributed by atoms with Crippen molar-refractivity contribution >= 4 is 0 Å². The molecular formula is C31H18F14O. The molecule has 0 amide bonds. The molecule has 0 N–H and O–H groups in total. The van der Waals surface area contributed by atoms with E-state index in [-0.39, 0.29) is 12.1 Å². The molecule has 15 heteroatoms. The van der Waals surface area contributed by atoms with Crippen molar-refractivity contribution in [2.75, 3.05) is 0 Å². The Labute approximate surface area is 251 Å². The van der Waals surface area contributed by atoms with Gasteiger partial charge in [-0.15, -0.1) is 0 Å². The number of ether oxygens (including phenoxy) is 1. The minimum atomic E-state index is -5.99. The average molecular weight is 672 g/mol. The van der Waals surface area contributed by atoms with Crippen LogP contribution in [0.5, 0.6) is 11.5 Å². The summed E-state index contributed by atoms with van der Waals surface area (Å²) in [6.45, 7) is 3.66. The zero-order valence-electron chi connectivity index (χ0n) is 23.4. The standard InChI is InChI=1S/C31H18F14O/c1-12(2)17-20(32)22(34)18(23(35)21(17)33)19-24(36)26(38)28(27(39)25(19)37)46-16-10-8-15(9-11-16)29(30(40,41)42,31(43,44)45)14-6-4-13(3)5-7-14/h4-12H,1-3H3. The second-order valence-electron chi connectivity index (χ2n) is 10.4. The number of hydrogen-bond donors (Lipinski definition) is 0. The molecule has 0 saturated heterocycles. The zero-order chi connectivity index (χ0) is 34.7. The van der Waals surface area contributed by atoms with Crippen molar-refractivity contribution in [1.29, 1.82) is 0 Å². The summed E-state index contributed by atoms with van der Waals surface area (Å²) in [4.78, 5) is 0. The van der Waals surface area contributed by atoms with Gasteiger partial charge in [0.05, 0.1) is 11.1 Å². The maximum atomic E-state index is 15.0. The molecule has 0 aromatic heterocycles. The van der Waals surface area contributed by atoms with Crippen LogP contribution in [0.15, 0.2) is 48.5 Å². The Kier molecular flexibility index (Phi) is 8.88. The lowest BCUT2D eigenvalue weighted by atomic mass is 9.72. The van der Waals surface area contributed by atoms with Gasteiger partial charge in [0.2, 0.25) is 22.8 Å². The molecule has 4 aromatic rings. The van der Waals surface area contributed by atoms with Gasteiger partial charge in [0.1, 0.15) is 5.75 Å². The summed E-state index contributed by atoms with van der Waals surface area (Å²) in [5.41, 5.74) is -12.4. The summed E-state index contributed by atoms with van der Waals surface area (Å²) in [5, 5.41) is 0. The Balaban J connectivity index is 1.84. The van der Waals surface area contributed by atoms with E-state index in [2.05, 4.69) is 4.74 Å². The Morgan fingerprint density at radius 2 is 0.848 bits per heavy atom. The summed E-state index contributed by atoms with van der Waals surface area (Å²) in [6.07, 6.45) is -12.0. The molecule has 0 aliphatic rings. The van der Waals surface area contributed by atoms with Gasteiger partial charge in [0, 0.05) is 5.56 Å². The van der Waals surface area contributed by atoms with E-state index in [1.165, 1.54) is 6.92 Å². The first-order chi connectivity index (χ1) is 21.2. The Bertz CT molecular complexity index is 1720. The minimum Gasteiger partial charge on any atom is -0.451 e. The summed E-state index contributed by atoms with van der Waals surface area (Å²) < 4.78 is 209. The van der Waals surface area contributed by atoms with Crippen LogP contribution >= 0.6 is 0 Å². The van der Waals surface area contributed by atoms with Gasteiger partial charge in [-0.1, -0.05) is 55.8 Å². The second kappa shape index (κ2) is 11.8. The predicted octanol–water partition coefficient (Wildman–Crippen LogP) is 11.1. The molecule has 0 saturated carbocycles. The Morgan fingerprint density at radius 1 is 0.500 bits per heavy atom. The molecule has 1 nitrogen and oxygen atoms in total. The fraction of sp³-hybridized carbons (Fsp3) is 0.226. The quantitative estimate of drug-likeness (QED) is 0.146. The van der Waals surface area contributed by atoms with Crippen LogP contribution in [0.2, 0.25) is 0 Å². The van der Waals surface area contributed by atoms with Crippen LogP contribution in [0.25, 0.3) is 11.1 Å². The van der Waals surface area contributed by atoms with Crippen molar-refractivity contribution < 1.29 is 66.2 Å². The van der Waals surface area contributed by atoms with Crippen LogP contribution < -0.4 is 4.74 Å². The van der Waals surface area contributed by atoms with Crippen molar-refractivity contribution in [3.63, 3.8) is 0 Å². The van der Waals surface area contributed by atoms with Crippen LogP contribution in [-0.2, 0) is 5.41 Å². The van der Waals surface area contributed by atoms with Crippen LogP contribution in [0, 0.1) is 53.5 Å². The first-order valence-corrected chi connectivity index (χ1v) is 12.9. The van der Waals surface area contributed by atoms with E-state index in [0.717, 1.165) is 26.0 Å². The fourth-order valence-corrected chi connectivity index (χ4v) is 4.97. The minimum absolute atomic E-state index is 0.250. The lowest BCUT2D eigenvalue weighted by Crippen LogP contribution is -2.54. The van der Waals surface area contributed by atoms with Crippen molar-refractivity contribution in [2.45, 2.75) is 44.5 Å². The van der Waals surface area contributed by atoms with Gasteiger partial charge in [-0.3, -0.25) is 0 Å². The van der Waals surface area contributed by atoms with E-state index in [1.807, 2.05) is 0 Å². The third kappa shape index (κ3) is 5.32. The number of halogens is 14. The highest BCUT2D eigenvalue weighted by molar-refractivity contribution is 5.69. The molecular weight excluding hydrogens is 654 g/mol. The van der Waals surface area contributed by atoms with Crippen molar-refractivity contribution in [1.82, 2.24) is 0 Å². The van der Waals surface area contributed by atoms with E-state index < -0.39 is 110 Å². The molecule has 46 heavy (non-hydrogen) atoms. The zero-order valence-corrected chi connectivity index (χ0v) is 23.4. The molecule has 0 atom stereocenters. The van der Waals surface area contributed by atoms with Gasteiger partial charge in [0.25, 0.3) is 0 Å². The van der Waals surface area contributed by atoms with Gasteiger partial charge < -0.3 is 4.74 Å². The summed E-state index contributed by atoms with van der Waals surface area (Å²) in [7, 11) is 0. The SMILES string of the molecule is Cc1ccc(C(c2ccc(Oc3c(F)c(F)c(-c4c(F)c(F)c(C(C)C)c(F)c4F)c(F)c3F)cc2)(C(F)(F)F)C(F)(F)F)cc1. The fourth-order valence-electron chi connectivity index (χ4n) is 4.97. The van der Waals surface area contributed by atoms with Crippen LogP contribution in [0.1, 0.15) is 42.0 Å². The van der Waals surface area contributed by atoms with E-state index in [0.29, 0.717) is 29.8 Å². The largest absolute Gasteiger partial charge is 0.451 e. The van der Waals surface area contributed by atoms with E-state index in [1.54, 1.807) is 0 Å². The van der Waals surface area contributed by atoms with Crippen molar-refractivity contribution in [3.05, 3.63) is 117 Å². The van der Waals surface area contributed by atoms with Crippen molar-refractivity contribution in [3.8, 4) is 22.6 Å². The van der Waals surface area contributed by atoms with Gasteiger partial charge in [-0.25, -0.2) is 26.3 Å². The summed E-state index contributed by atoms with van der Waals surface area (Å²) in [6, 6.07) is 4.50. The number of aryl methyl sites for hydroxylation is 1. The Morgan fingerprint density at radius 3 is 1.20 bits per heavy atom. The molecule has 0 heterocycles. The highest BCUT2D eigenvalue weighted by atomic mass is 19.4. The molecule has 0 spiro atoms. The molecule has 0 fully saturated rings. The molecule has 0 unspecified atom stereocenters. The molecule has 246 valence electrons. The van der Waals surface area contributed by atoms with Crippen LogP contribution in [-0.4, -0.2) is 12.4 Å².